The van der Waals surface area contributed by atoms with Gasteiger partial charge in [0.05, 0.1) is 0 Å². The van der Waals surface area contributed by atoms with Crippen molar-refractivity contribution in [2.24, 2.45) is 0 Å². The Hall–Kier alpha value is -1.55. The fourth-order valence-electron chi connectivity index (χ4n) is 2.49. The van der Waals surface area contributed by atoms with Crippen LogP contribution in [-0.4, -0.2) is 54.0 Å². The lowest BCUT2D eigenvalue weighted by Crippen LogP contribution is -2.47. The van der Waals surface area contributed by atoms with Crippen LogP contribution in [-0.2, 0) is 0 Å². The normalized spacial score (nSPS) is 19.8. The number of hydrogen-bond donors (Lipinski definition) is 1. The van der Waals surface area contributed by atoms with Gasteiger partial charge in [-0.25, -0.2) is 0 Å². The van der Waals surface area contributed by atoms with Gasteiger partial charge in [-0.1, -0.05) is 6.07 Å². The molecule has 0 bridgehead atoms. The van der Waals surface area contributed by atoms with E-state index in [0.717, 1.165) is 31.5 Å². The van der Waals surface area contributed by atoms with Gasteiger partial charge >= 0.3 is 0 Å². The molecule has 104 valence electrons. The van der Waals surface area contributed by atoms with Gasteiger partial charge in [0.15, 0.2) is 0 Å². The molecule has 1 heterocycles. The van der Waals surface area contributed by atoms with Crippen molar-refractivity contribution in [2.45, 2.75) is 25.8 Å². The van der Waals surface area contributed by atoms with Gasteiger partial charge in [-0.3, -0.25) is 4.79 Å². The molecule has 0 saturated carbocycles. The molecule has 1 aromatic rings. The molecule has 1 aliphatic heterocycles. The molecule has 4 nitrogen and oxygen atoms in total. The van der Waals surface area contributed by atoms with E-state index >= 15 is 0 Å². The first kappa shape index (κ1) is 13.9. The smallest absolute Gasteiger partial charge is 0.254 e. The Morgan fingerprint density at radius 3 is 2.79 bits per heavy atom. The standard InChI is InChI=1S/C15H22N2O2/c1-11-6-7-12(9-14(11)18)15(19)17-8-4-5-13(10-17)16(2)3/h6-7,9,13,18H,4-5,8,10H2,1-3H3. The number of nitrogens with zero attached hydrogens (tertiary/aromatic N) is 2. The maximum absolute atomic E-state index is 12.4. The third-order valence-electron chi connectivity index (χ3n) is 3.87. The molecule has 2 rings (SSSR count). The summed E-state index contributed by atoms with van der Waals surface area (Å²) in [4.78, 5) is 16.5. The van der Waals surface area contributed by atoms with E-state index in [2.05, 4.69) is 19.0 Å². The minimum atomic E-state index is 0.0156. The second-order valence-electron chi connectivity index (χ2n) is 5.51. The predicted octanol–water partition coefficient (Wildman–Crippen LogP) is 1.87. The Morgan fingerprint density at radius 1 is 1.42 bits per heavy atom. The van der Waals surface area contributed by atoms with E-state index in [9.17, 15) is 9.90 Å². The number of benzene rings is 1. The summed E-state index contributed by atoms with van der Waals surface area (Å²) in [6.07, 6.45) is 2.17. The van der Waals surface area contributed by atoms with Crippen molar-refractivity contribution in [3.8, 4) is 5.75 Å². The number of phenols is 1. The van der Waals surface area contributed by atoms with E-state index in [0.29, 0.717) is 11.6 Å². The molecule has 0 aliphatic carbocycles. The van der Waals surface area contributed by atoms with Crippen LogP contribution in [0.2, 0.25) is 0 Å². The van der Waals surface area contributed by atoms with Crippen molar-refractivity contribution >= 4 is 5.91 Å². The number of piperidine rings is 1. The van der Waals surface area contributed by atoms with E-state index in [1.807, 2.05) is 11.8 Å². The van der Waals surface area contributed by atoms with E-state index in [1.54, 1.807) is 18.2 Å². The van der Waals surface area contributed by atoms with Crippen molar-refractivity contribution in [1.82, 2.24) is 9.80 Å². The summed E-state index contributed by atoms with van der Waals surface area (Å²) in [5.74, 6) is 0.203. The summed E-state index contributed by atoms with van der Waals surface area (Å²) in [5.41, 5.74) is 1.36. The van der Waals surface area contributed by atoms with Gasteiger partial charge in [0.2, 0.25) is 0 Å². The summed E-state index contributed by atoms with van der Waals surface area (Å²) in [5, 5.41) is 9.71. The highest BCUT2D eigenvalue weighted by atomic mass is 16.3. The molecule has 1 amide bonds. The lowest BCUT2D eigenvalue weighted by atomic mass is 10.0. The zero-order valence-corrected chi connectivity index (χ0v) is 11.9. The zero-order chi connectivity index (χ0) is 14.0. The lowest BCUT2D eigenvalue weighted by molar-refractivity contribution is 0.0634. The molecule has 1 aromatic carbocycles. The molecule has 0 radical (unpaired) electrons. The molecule has 0 spiro atoms. The summed E-state index contributed by atoms with van der Waals surface area (Å²) >= 11 is 0. The molecule has 1 unspecified atom stereocenters. The van der Waals surface area contributed by atoms with Crippen LogP contribution in [0.3, 0.4) is 0 Å². The van der Waals surface area contributed by atoms with Gasteiger partial charge in [-0.05, 0) is 51.6 Å². The Labute approximate surface area is 114 Å². The lowest BCUT2D eigenvalue weighted by Gasteiger charge is -2.36. The van der Waals surface area contributed by atoms with Crippen LogP contribution in [0.1, 0.15) is 28.8 Å². The average Bonchev–Trinajstić information content (AvgIpc) is 2.41. The van der Waals surface area contributed by atoms with Crippen LogP contribution < -0.4 is 0 Å². The third kappa shape index (κ3) is 3.07. The molecule has 4 heteroatoms. The van der Waals surface area contributed by atoms with Crippen LogP contribution in [0.5, 0.6) is 5.75 Å². The predicted molar refractivity (Wildman–Crippen MR) is 75.5 cm³/mol. The SMILES string of the molecule is Cc1ccc(C(=O)N2CCCC(N(C)C)C2)cc1O. The maximum atomic E-state index is 12.4. The molecule has 1 saturated heterocycles. The molecule has 1 aliphatic rings. The topological polar surface area (TPSA) is 43.8 Å². The first-order valence-corrected chi connectivity index (χ1v) is 6.74. The zero-order valence-electron chi connectivity index (χ0n) is 11.9. The Bertz CT molecular complexity index is 471. The fourth-order valence-corrected chi connectivity index (χ4v) is 2.49. The fraction of sp³-hybridized carbons (Fsp3) is 0.533. The van der Waals surface area contributed by atoms with Crippen LogP contribution in [0.4, 0.5) is 0 Å². The van der Waals surface area contributed by atoms with E-state index in [-0.39, 0.29) is 11.7 Å². The number of aromatic hydroxyl groups is 1. The molecular weight excluding hydrogens is 240 g/mol. The first-order chi connectivity index (χ1) is 8.99. The van der Waals surface area contributed by atoms with Gasteiger partial charge in [0.1, 0.15) is 5.75 Å². The Kier molecular flexibility index (Phi) is 4.10. The van der Waals surface area contributed by atoms with E-state index in [1.165, 1.54) is 0 Å². The Balaban J connectivity index is 2.12. The average molecular weight is 262 g/mol. The van der Waals surface area contributed by atoms with Crippen LogP contribution in [0.25, 0.3) is 0 Å². The maximum Gasteiger partial charge on any atom is 0.254 e. The number of amides is 1. The van der Waals surface area contributed by atoms with Crippen LogP contribution in [0, 0.1) is 6.92 Å². The summed E-state index contributed by atoms with van der Waals surface area (Å²) in [6, 6.07) is 5.57. The molecule has 1 atom stereocenters. The van der Waals surface area contributed by atoms with Crippen molar-refractivity contribution < 1.29 is 9.90 Å². The van der Waals surface area contributed by atoms with Crippen molar-refractivity contribution in [1.29, 1.82) is 0 Å². The van der Waals surface area contributed by atoms with Gasteiger partial charge < -0.3 is 14.9 Å². The number of carbonyl (C=O) groups excluding carboxylic acids is 1. The highest BCUT2D eigenvalue weighted by molar-refractivity contribution is 5.94. The Morgan fingerprint density at radius 2 is 2.16 bits per heavy atom. The molecule has 1 fully saturated rings. The van der Waals surface area contributed by atoms with Gasteiger partial charge in [-0.15, -0.1) is 0 Å². The van der Waals surface area contributed by atoms with Crippen LogP contribution >= 0.6 is 0 Å². The third-order valence-corrected chi connectivity index (χ3v) is 3.87. The number of aryl methyl sites for hydroxylation is 1. The minimum Gasteiger partial charge on any atom is -0.508 e. The number of likely N-dealkylation sites (N-methyl/N-ethyl adjacent to an activating group) is 1. The van der Waals surface area contributed by atoms with Crippen molar-refractivity contribution in [3.05, 3.63) is 29.3 Å². The van der Waals surface area contributed by atoms with Crippen molar-refractivity contribution in [3.63, 3.8) is 0 Å². The molecular formula is C15H22N2O2. The highest BCUT2D eigenvalue weighted by Gasteiger charge is 2.25. The number of likely N-dealkylation sites (tertiary alicyclic amines) is 1. The highest BCUT2D eigenvalue weighted by Crippen LogP contribution is 2.21. The first-order valence-electron chi connectivity index (χ1n) is 6.74. The second-order valence-corrected chi connectivity index (χ2v) is 5.51. The quantitative estimate of drug-likeness (QED) is 0.885. The number of rotatable bonds is 2. The number of hydrogen-bond acceptors (Lipinski definition) is 3. The van der Waals surface area contributed by atoms with E-state index < -0.39 is 0 Å². The molecule has 1 N–H and O–H groups in total. The monoisotopic (exact) mass is 262 g/mol. The second kappa shape index (κ2) is 5.61. The van der Waals surface area contributed by atoms with Gasteiger partial charge in [-0.2, -0.15) is 0 Å². The largest absolute Gasteiger partial charge is 0.508 e. The summed E-state index contributed by atoms with van der Waals surface area (Å²) in [6.45, 7) is 3.39. The van der Waals surface area contributed by atoms with Crippen molar-refractivity contribution in [2.75, 3.05) is 27.2 Å². The van der Waals surface area contributed by atoms with E-state index in [4.69, 9.17) is 0 Å². The number of carbonyl (C=O) groups is 1. The molecule has 0 aromatic heterocycles. The summed E-state index contributed by atoms with van der Waals surface area (Å²) in [7, 11) is 4.10. The minimum absolute atomic E-state index is 0.0156. The van der Waals surface area contributed by atoms with Gasteiger partial charge in [0.25, 0.3) is 5.91 Å². The summed E-state index contributed by atoms with van der Waals surface area (Å²) < 4.78 is 0. The van der Waals surface area contributed by atoms with Gasteiger partial charge in [0, 0.05) is 24.7 Å². The van der Waals surface area contributed by atoms with Crippen LogP contribution in [0.15, 0.2) is 18.2 Å². The molecule has 19 heavy (non-hydrogen) atoms. The number of phenolic OH excluding ortho intramolecular Hbond substituents is 1.